The largest absolute Gasteiger partial charge is 0.507 e. The van der Waals surface area contributed by atoms with E-state index in [1.165, 1.54) is 31.2 Å². The number of phenolic OH excluding ortho intramolecular Hbond substituents is 1. The maximum atomic E-state index is 10.0. The molecule has 0 aliphatic carbocycles. The molecule has 0 unspecified atom stereocenters. The van der Waals surface area contributed by atoms with E-state index in [-0.39, 0.29) is 24.8 Å². The molecule has 0 spiro atoms. The van der Waals surface area contributed by atoms with Gasteiger partial charge in [-0.3, -0.25) is 4.90 Å². The Morgan fingerprint density at radius 1 is 1.09 bits per heavy atom. The standard InChI is InChI=1S/C18H30N2O.2ClH/c1-4-5-6-7-17(20-10-8-19-9-11-20)16-12-14(2)18(21)15(3)13-16;;/h12-13,17,19,21H,4-11H2,1-3H3;2*1H/t17-;;/m0../s1. The highest BCUT2D eigenvalue weighted by molar-refractivity contribution is 5.85. The summed E-state index contributed by atoms with van der Waals surface area (Å²) in [6, 6.07) is 4.86. The summed E-state index contributed by atoms with van der Waals surface area (Å²) in [5.41, 5.74) is 3.38. The molecule has 1 saturated heterocycles. The lowest BCUT2D eigenvalue weighted by atomic mass is 9.94. The lowest BCUT2D eigenvalue weighted by Gasteiger charge is -2.35. The second-order valence-electron chi connectivity index (χ2n) is 6.30. The van der Waals surface area contributed by atoms with Crippen molar-refractivity contribution in [2.75, 3.05) is 26.2 Å². The van der Waals surface area contributed by atoms with Crippen molar-refractivity contribution in [1.29, 1.82) is 0 Å². The Labute approximate surface area is 153 Å². The molecule has 1 aliphatic rings. The van der Waals surface area contributed by atoms with Gasteiger partial charge in [0.1, 0.15) is 5.75 Å². The number of benzene rings is 1. The molecular weight excluding hydrogens is 331 g/mol. The van der Waals surface area contributed by atoms with Gasteiger partial charge in [0.05, 0.1) is 0 Å². The number of piperazine rings is 1. The third kappa shape index (κ3) is 6.15. The normalized spacial score (nSPS) is 16.3. The molecule has 0 bridgehead atoms. The smallest absolute Gasteiger partial charge is 0.121 e. The van der Waals surface area contributed by atoms with Crippen molar-refractivity contribution in [3.05, 3.63) is 28.8 Å². The van der Waals surface area contributed by atoms with Crippen LogP contribution in [0.2, 0.25) is 0 Å². The van der Waals surface area contributed by atoms with Gasteiger partial charge in [-0.1, -0.05) is 38.3 Å². The summed E-state index contributed by atoms with van der Waals surface area (Å²) >= 11 is 0. The fourth-order valence-corrected chi connectivity index (χ4v) is 3.32. The molecule has 0 saturated carbocycles. The fraction of sp³-hybridized carbons (Fsp3) is 0.667. The number of hydrogen-bond donors (Lipinski definition) is 2. The highest BCUT2D eigenvalue weighted by atomic mass is 35.5. The van der Waals surface area contributed by atoms with Gasteiger partial charge >= 0.3 is 0 Å². The Bertz CT molecular complexity index is 439. The molecule has 3 nitrogen and oxygen atoms in total. The van der Waals surface area contributed by atoms with Crippen molar-refractivity contribution >= 4 is 24.8 Å². The summed E-state index contributed by atoms with van der Waals surface area (Å²) in [6.07, 6.45) is 5.07. The zero-order valence-electron chi connectivity index (χ0n) is 14.6. The highest BCUT2D eigenvalue weighted by Crippen LogP contribution is 2.32. The second-order valence-corrected chi connectivity index (χ2v) is 6.30. The summed E-state index contributed by atoms with van der Waals surface area (Å²) in [4.78, 5) is 2.61. The van der Waals surface area contributed by atoms with Crippen molar-refractivity contribution in [2.24, 2.45) is 0 Å². The number of nitrogens with zero attached hydrogens (tertiary/aromatic N) is 1. The summed E-state index contributed by atoms with van der Waals surface area (Å²) in [6.45, 7) is 10.7. The van der Waals surface area contributed by atoms with Gasteiger partial charge in [-0.25, -0.2) is 0 Å². The average molecular weight is 363 g/mol. The molecular formula is C18H32Cl2N2O. The summed E-state index contributed by atoms with van der Waals surface area (Å²) in [5, 5.41) is 13.5. The SMILES string of the molecule is CCCCC[C@@H](c1cc(C)c(O)c(C)c1)N1CCNCC1.Cl.Cl. The molecule has 23 heavy (non-hydrogen) atoms. The number of halogens is 2. The van der Waals surface area contributed by atoms with Gasteiger partial charge in [0.2, 0.25) is 0 Å². The molecule has 1 heterocycles. The van der Waals surface area contributed by atoms with Crippen LogP contribution in [0.25, 0.3) is 0 Å². The monoisotopic (exact) mass is 362 g/mol. The van der Waals surface area contributed by atoms with Crippen LogP contribution in [-0.2, 0) is 0 Å². The summed E-state index contributed by atoms with van der Waals surface area (Å²) in [7, 11) is 0. The van der Waals surface area contributed by atoms with E-state index in [1.54, 1.807) is 0 Å². The Morgan fingerprint density at radius 3 is 2.17 bits per heavy atom. The number of phenols is 1. The van der Waals surface area contributed by atoms with Gasteiger partial charge in [0.15, 0.2) is 0 Å². The van der Waals surface area contributed by atoms with E-state index >= 15 is 0 Å². The van der Waals surface area contributed by atoms with Crippen LogP contribution in [0.15, 0.2) is 12.1 Å². The predicted molar refractivity (Wildman–Crippen MR) is 103 cm³/mol. The van der Waals surface area contributed by atoms with Crippen molar-refractivity contribution < 1.29 is 5.11 Å². The van der Waals surface area contributed by atoms with Crippen molar-refractivity contribution in [2.45, 2.75) is 52.5 Å². The zero-order chi connectivity index (χ0) is 15.2. The third-order valence-electron chi connectivity index (χ3n) is 4.57. The summed E-state index contributed by atoms with van der Waals surface area (Å²) < 4.78 is 0. The van der Waals surface area contributed by atoms with E-state index < -0.39 is 0 Å². The van der Waals surface area contributed by atoms with Crippen LogP contribution < -0.4 is 5.32 Å². The van der Waals surface area contributed by atoms with Crippen molar-refractivity contribution in [3.8, 4) is 5.75 Å². The lowest BCUT2D eigenvalue weighted by molar-refractivity contribution is 0.162. The van der Waals surface area contributed by atoms with Gasteiger partial charge < -0.3 is 10.4 Å². The molecule has 0 aromatic heterocycles. The van der Waals surface area contributed by atoms with E-state index in [0.29, 0.717) is 11.8 Å². The topological polar surface area (TPSA) is 35.5 Å². The number of rotatable bonds is 6. The fourth-order valence-electron chi connectivity index (χ4n) is 3.32. The van der Waals surface area contributed by atoms with Gasteiger partial charge in [-0.05, 0) is 37.0 Å². The van der Waals surface area contributed by atoms with Crippen LogP contribution in [0, 0.1) is 13.8 Å². The first kappa shape index (κ1) is 22.5. The Hall–Kier alpha value is -0.480. The van der Waals surface area contributed by atoms with Crippen LogP contribution in [0.1, 0.15) is 55.3 Å². The Kier molecular flexibility index (Phi) is 10.9. The van der Waals surface area contributed by atoms with Crippen LogP contribution in [0.5, 0.6) is 5.75 Å². The number of aromatic hydroxyl groups is 1. The minimum atomic E-state index is 0. The molecule has 5 heteroatoms. The van der Waals surface area contributed by atoms with Gasteiger partial charge in [0, 0.05) is 32.2 Å². The lowest BCUT2D eigenvalue weighted by Crippen LogP contribution is -2.45. The first-order valence-electron chi connectivity index (χ1n) is 8.38. The number of hydrogen-bond acceptors (Lipinski definition) is 3. The van der Waals surface area contributed by atoms with E-state index in [9.17, 15) is 5.11 Å². The molecule has 1 aliphatic heterocycles. The second kappa shape index (κ2) is 11.1. The third-order valence-corrected chi connectivity index (χ3v) is 4.57. The molecule has 1 aromatic carbocycles. The predicted octanol–water partition coefficient (Wildman–Crippen LogP) is 4.38. The van der Waals surface area contributed by atoms with E-state index in [4.69, 9.17) is 0 Å². The number of unbranched alkanes of at least 4 members (excludes halogenated alkanes) is 2. The van der Waals surface area contributed by atoms with Gasteiger partial charge in [-0.2, -0.15) is 0 Å². The summed E-state index contributed by atoms with van der Waals surface area (Å²) in [5.74, 6) is 0.450. The molecule has 1 fully saturated rings. The minimum Gasteiger partial charge on any atom is -0.507 e. The zero-order valence-corrected chi connectivity index (χ0v) is 16.2. The minimum absolute atomic E-state index is 0. The maximum Gasteiger partial charge on any atom is 0.121 e. The quantitative estimate of drug-likeness (QED) is 0.737. The molecule has 134 valence electrons. The van der Waals surface area contributed by atoms with E-state index in [1.807, 2.05) is 13.8 Å². The van der Waals surface area contributed by atoms with Crippen molar-refractivity contribution in [1.82, 2.24) is 10.2 Å². The highest BCUT2D eigenvalue weighted by Gasteiger charge is 2.22. The first-order valence-corrected chi connectivity index (χ1v) is 8.38. The first-order chi connectivity index (χ1) is 10.1. The number of aryl methyl sites for hydroxylation is 2. The Balaban J connectivity index is 0.00000242. The van der Waals surface area contributed by atoms with E-state index in [0.717, 1.165) is 37.3 Å². The molecule has 2 N–H and O–H groups in total. The average Bonchev–Trinajstić information content (AvgIpc) is 2.50. The number of nitrogens with one attached hydrogen (secondary N) is 1. The molecule has 2 rings (SSSR count). The van der Waals surface area contributed by atoms with Crippen LogP contribution in [0.4, 0.5) is 0 Å². The molecule has 1 aromatic rings. The van der Waals surface area contributed by atoms with Gasteiger partial charge in [-0.15, -0.1) is 24.8 Å². The Morgan fingerprint density at radius 2 is 1.65 bits per heavy atom. The van der Waals surface area contributed by atoms with Crippen LogP contribution in [0.3, 0.4) is 0 Å². The van der Waals surface area contributed by atoms with Gasteiger partial charge in [0.25, 0.3) is 0 Å². The molecule has 0 amide bonds. The molecule has 1 atom stereocenters. The van der Waals surface area contributed by atoms with Crippen molar-refractivity contribution in [3.63, 3.8) is 0 Å². The molecule has 0 radical (unpaired) electrons. The van der Waals surface area contributed by atoms with E-state index in [2.05, 4.69) is 29.3 Å². The maximum absolute atomic E-state index is 10.0. The van der Waals surface area contributed by atoms with Crippen LogP contribution >= 0.6 is 24.8 Å². The van der Waals surface area contributed by atoms with Crippen LogP contribution in [-0.4, -0.2) is 36.2 Å².